The van der Waals surface area contributed by atoms with Gasteiger partial charge in [-0.3, -0.25) is 9.59 Å². The first-order valence-electron chi connectivity index (χ1n) is 7.22. The van der Waals surface area contributed by atoms with Crippen LogP contribution in [-0.4, -0.2) is 24.2 Å². The maximum Gasteiger partial charge on any atom is 0.573 e. The highest BCUT2D eigenvalue weighted by Gasteiger charge is 2.32. The molecule has 0 aliphatic carbocycles. The van der Waals surface area contributed by atoms with Gasteiger partial charge in [0, 0.05) is 12.1 Å². The molecular weight excluding hydrogens is 357 g/mol. The van der Waals surface area contributed by atoms with Crippen LogP contribution in [0.3, 0.4) is 0 Å². The molecule has 25 heavy (non-hydrogen) atoms. The predicted molar refractivity (Wildman–Crippen MR) is 86.2 cm³/mol. The van der Waals surface area contributed by atoms with Crippen LogP contribution in [0.1, 0.15) is 22.2 Å². The van der Waals surface area contributed by atoms with E-state index in [0.29, 0.717) is 4.88 Å². The highest BCUT2D eigenvalue weighted by molar-refractivity contribution is 7.12. The monoisotopic (exact) mass is 372 g/mol. The van der Waals surface area contributed by atoms with Crippen LogP contribution in [0.25, 0.3) is 0 Å². The summed E-state index contributed by atoms with van der Waals surface area (Å²) in [7, 11) is 0. The minimum Gasteiger partial charge on any atom is -0.405 e. The Morgan fingerprint density at radius 1 is 1.20 bits per heavy atom. The topological polar surface area (TPSA) is 67.4 Å². The number of alkyl halides is 3. The van der Waals surface area contributed by atoms with E-state index in [1.807, 2.05) is 0 Å². The molecular formula is C16H15F3N2O3S. The van der Waals surface area contributed by atoms with Gasteiger partial charge in [-0.2, -0.15) is 0 Å². The molecule has 1 atom stereocenters. The summed E-state index contributed by atoms with van der Waals surface area (Å²) in [6.07, 6.45) is -4.82. The van der Waals surface area contributed by atoms with Crippen LogP contribution in [0, 0.1) is 0 Å². The fraction of sp³-hybridized carbons (Fsp3) is 0.250. The lowest BCUT2D eigenvalue weighted by Crippen LogP contribution is -2.44. The van der Waals surface area contributed by atoms with Crippen LogP contribution < -0.4 is 15.4 Å². The van der Waals surface area contributed by atoms with Gasteiger partial charge in [0.2, 0.25) is 5.91 Å². The van der Waals surface area contributed by atoms with E-state index in [0.717, 1.165) is 6.07 Å². The Balaban J connectivity index is 1.92. The van der Waals surface area contributed by atoms with Crippen LogP contribution in [-0.2, 0) is 11.3 Å². The third-order valence-electron chi connectivity index (χ3n) is 3.14. The number of para-hydroxylation sites is 1. The van der Waals surface area contributed by atoms with Gasteiger partial charge in [0.15, 0.2) is 0 Å². The zero-order valence-electron chi connectivity index (χ0n) is 13.1. The van der Waals surface area contributed by atoms with Gasteiger partial charge in [-0.25, -0.2) is 0 Å². The molecule has 2 rings (SSSR count). The quantitative estimate of drug-likeness (QED) is 0.819. The van der Waals surface area contributed by atoms with Gasteiger partial charge in [0.05, 0.1) is 4.88 Å². The fourth-order valence-corrected chi connectivity index (χ4v) is 2.58. The van der Waals surface area contributed by atoms with Gasteiger partial charge in [-0.05, 0) is 24.4 Å². The Labute approximate surface area is 145 Å². The standard InChI is InChI=1S/C16H15F3N2O3S/c1-10(21-15(23)13-7-4-8-25-13)14(22)20-9-11-5-2-3-6-12(11)24-16(17,18)19/h2-8,10H,9H2,1H3,(H,20,22)(H,21,23). The molecule has 0 saturated carbocycles. The molecule has 0 aliphatic heterocycles. The molecule has 134 valence electrons. The summed E-state index contributed by atoms with van der Waals surface area (Å²) in [5.41, 5.74) is 0.171. The Bertz CT molecular complexity index is 732. The third-order valence-corrected chi connectivity index (χ3v) is 4.01. The molecule has 2 amide bonds. The molecule has 0 radical (unpaired) electrons. The molecule has 5 nitrogen and oxygen atoms in total. The van der Waals surface area contributed by atoms with Crippen molar-refractivity contribution < 1.29 is 27.5 Å². The largest absolute Gasteiger partial charge is 0.573 e. The second-order valence-electron chi connectivity index (χ2n) is 5.05. The first-order valence-corrected chi connectivity index (χ1v) is 8.10. The van der Waals surface area contributed by atoms with Crippen molar-refractivity contribution in [2.24, 2.45) is 0 Å². The smallest absolute Gasteiger partial charge is 0.405 e. The summed E-state index contributed by atoms with van der Waals surface area (Å²) in [5, 5.41) is 6.73. The lowest BCUT2D eigenvalue weighted by molar-refractivity contribution is -0.274. The number of halogens is 3. The van der Waals surface area contributed by atoms with Crippen LogP contribution in [0.5, 0.6) is 5.75 Å². The number of thiophene rings is 1. The molecule has 1 aromatic heterocycles. The highest BCUT2D eigenvalue weighted by Crippen LogP contribution is 2.26. The number of nitrogens with one attached hydrogen (secondary N) is 2. The van der Waals surface area contributed by atoms with Crippen LogP contribution in [0.15, 0.2) is 41.8 Å². The summed E-state index contributed by atoms with van der Waals surface area (Å²) in [6, 6.07) is 8.00. The molecule has 0 aliphatic rings. The molecule has 0 bridgehead atoms. The van der Waals surface area contributed by atoms with E-state index < -0.39 is 24.2 Å². The summed E-state index contributed by atoms with van der Waals surface area (Å²) in [4.78, 5) is 24.4. The Morgan fingerprint density at radius 2 is 1.92 bits per heavy atom. The second-order valence-corrected chi connectivity index (χ2v) is 5.99. The van der Waals surface area contributed by atoms with Gasteiger partial charge >= 0.3 is 6.36 Å². The molecule has 9 heteroatoms. The number of carbonyl (C=O) groups excluding carboxylic acids is 2. The van der Waals surface area contributed by atoms with Crippen LogP contribution >= 0.6 is 11.3 Å². The molecule has 0 spiro atoms. The lowest BCUT2D eigenvalue weighted by Gasteiger charge is -2.16. The zero-order chi connectivity index (χ0) is 18.4. The van der Waals surface area contributed by atoms with Gasteiger partial charge in [-0.15, -0.1) is 24.5 Å². The van der Waals surface area contributed by atoms with Crippen molar-refractivity contribution in [3.63, 3.8) is 0 Å². The minimum absolute atomic E-state index is 0.162. The molecule has 1 unspecified atom stereocenters. The highest BCUT2D eigenvalue weighted by atomic mass is 32.1. The normalized spacial score (nSPS) is 12.3. The first kappa shape index (κ1) is 18.8. The molecule has 1 heterocycles. The number of ether oxygens (including phenoxy) is 1. The van der Waals surface area contributed by atoms with Crippen molar-refractivity contribution in [2.45, 2.75) is 25.9 Å². The number of amides is 2. The van der Waals surface area contributed by atoms with Crippen LogP contribution in [0.2, 0.25) is 0 Å². The Hall–Kier alpha value is -2.55. The maximum atomic E-state index is 12.4. The van der Waals surface area contributed by atoms with E-state index in [1.165, 1.54) is 36.5 Å². The number of benzene rings is 1. The SMILES string of the molecule is CC(NC(=O)c1cccs1)C(=O)NCc1ccccc1OC(F)(F)F. The van der Waals surface area contributed by atoms with Crippen molar-refractivity contribution in [3.8, 4) is 5.75 Å². The van der Waals surface area contributed by atoms with E-state index >= 15 is 0 Å². The van der Waals surface area contributed by atoms with Crippen molar-refractivity contribution in [2.75, 3.05) is 0 Å². The van der Waals surface area contributed by atoms with Crippen molar-refractivity contribution in [1.29, 1.82) is 0 Å². The fourth-order valence-electron chi connectivity index (χ4n) is 1.95. The van der Waals surface area contributed by atoms with Gasteiger partial charge < -0.3 is 15.4 Å². The number of hydrogen-bond donors (Lipinski definition) is 2. The number of rotatable bonds is 6. The molecule has 2 N–H and O–H groups in total. The first-order chi connectivity index (χ1) is 11.8. The minimum atomic E-state index is -4.82. The molecule has 0 saturated heterocycles. The van der Waals surface area contributed by atoms with Gasteiger partial charge in [0.25, 0.3) is 5.91 Å². The zero-order valence-corrected chi connectivity index (χ0v) is 13.9. The second kappa shape index (κ2) is 8.02. The van der Waals surface area contributed by atoms with Gasteiger partial charge in [0.1, 0.15) is 11.8 Å². The van der Waals surface area contributed by atoms with Crippen LogP contribution in [0.4, 0.5) is 13.2 Å². The van der Waals surface area contributed by atoms with E-state index in [1.54, 1.807) is 17.5 Å². The summed E-state index contributed by atoms with van der Waals surface area (Å²) in [5.74, 6) is -1.30. The van der Waals surface area contributed by atoms with Gasteiger partial charge in [-0.1, -0.05) is 24.3 Å². The molecule has 1 aromatic carbocycles. The summed E-state index contributed by atoms with van der Waals surface area (Å²) < 4.78 is 41.0. The van der Waals surface area contributed by atoms with Crippen molar-refractivity contribution in [3.05, 3.63) is 52.2 Å². The molecule has 0 fully saturated rings. The van der Waals surface area contributed by atoms with E-state index in [9.17, 15) is 22.8 Å². The van der Waals surface area contributed by atoms with E-state index in [4.69, 9.17) is 0 Å². The predicted octanol–water partition coefficient (Wildman–Crippen LogP) is 3.08. The summed E-state index contributed by atoms with van der Waals surface area (Å²) >= 11 is 1.24. The summed E-state index contributed by atoms with van der Waals surface area (Å²) in [6.45, 7) is 1.32. The molecule has 2 aromatic rings. The number of carbonyl (C=O) groups is 2. The lowest BCUT2D eigenvalue weighted by atomic mass is 10.2. The van der Waals surface area contributed by atoms with E-state index in [2.05, 4.69) is 15.4 Å². The Kier molecular flexibility index (Phi) is 6.02. The number of hydrogen-bond acceptors (Lipinski definition) is 4. The van der Waals surface area contributed by atoms with E-state index in [-0.39, 0.29) is 17.9 Å². The Morgan fingerprint density at radius 3 is 2.56 bits per heavy atom. The average molecular weight is 372 g/mol. The van der Waals surface area contributed by atoms with Crippen molar-refractivity contribution >= 4 is 23.2 Å². The third kappa shape index (κ3) is 5.79. The average Bonchev–Trinajstić information content (AvgIpc) is 3.06. The van der Waals surface area contributed by atoms with Crippen molar-refractivity contribution in [1.82, 2.24) is 10.6 Å². The maximum absolute atomic E-state index is 12.4.